The molecule has 0 heterocycles. The Morgan fingerprint density at radius 1 is 1.30 bits per heavy atom. The molecular weight excluding hydrogens is 258 g/mol. The molecule has 0 radical (unpaired) electrons. The number of carboxylic acids is 1. The van der Waals surface area contributed by atoms with Gasteiger partial charge in [0.15, 0.2) is 5.54 Å². The first-order chi connectivity index (χ1) is 9.56. The Morgan fingerprint density at radius 2 is 1.95 bits per heavy atom. The van der Waals surface area contributed by atoms with E-state index < -0.39 is 11.5 Å². The van der Waals surface area contributed by atoms with Crippen molar-refractivity contribution in [1.82, 2.24) is 5.32 Å². The monoisotopic (exact) mass is 279 g/mol. The first-order valence-corrected chi connectivity index (χ1v) is 6.65. The van der Waals surface area contributed by atoms with Gasteiger partial charge in [0.05, 0.1) is 0 Å². The Labute approximate surface area is 118 Å². The summed E-state index contributed by atoms with van der Waals surface area (Å²) in [5.74, 6) is -1.33. The summed E-state index contributed by atoms with van der Waals surface area (Å²) in [5, 5.41) is 12.2. The van der Waals surface area contributed by atoms with Gasteiger partial charge in [-0.1, -0.05) is 37.3 Å². The highest BCUT2D eigenvalue weighted by Gasteiger charge is 2.39. The van der Waals surface area contributed by atoms with Crippen LogP contribution in [0.2, 0.25) is 0 Å². The summed E-state index contributed by atoms with van der Waals surface area (Å²) in [5.41, 5.74) is -0.791. The molecule has 1 atom stereocenters. The van der Waals surface area contributed by atoms with Crippen LogP contribution in [0.15, 0.2) is 30.3 Å². The van der Waals surface area contributed by atoms with Crippen molar-refractivity contribution in [2.45, 2.75) is 31.7 Å². The van der Waals surface area contributed by atoms with Gasteiger partial charge in [-0.25, -0.2) is 4.79 Å². The molecule has 20 heavy (non-hydrogen) atoms. The normalized spacial score (nSPS) is 13.5. The van der Waals surface area contributed by atoms with Gasteiger partial charge in [0, 0.05) is 20.1 Å². The van der Waals surface area contributed by atoms with E-state index in [0.29, 0.717) is 18.6 Å². The van der Waals surface area contributed by atoms with E-state index in [0.717, 1.165) is 0 Å². The van der Waals surface area contributed by atoms with E-state index in [2.05, 4.69) is 5.32 Å². The number of amides is 1. The number of aliphatic carboxylic acids is 1. The molecule has 1 aromatic rings. The van der Waals surface area contributed by atoms with Crippen LogP contribution in [0.3, 0.4) is 0 Å². The second-order valence-corrected chi connectivity index (χ2v) is 4.57. The smallest absolute Gasteiger partial charge is 0.334 e. The zero-order chi connectivity index (χ0) is 15.0. The average molecular weight is 279 g/mol. The van der Waals surface area contributed by atoms with Crippen molar-refractivity contribution < 1.29 is 19.4 Å². The van der Waals surface area contributed by atoms with Crippen molar-refractivity contribution in [3.05, 3.63) is 35.9 Å². The van der Waals surface area contributed by atoms with Crippen LogP contribution in [0.4, 0.5) is 0 Å². The number of hydrogen-bond donors (Lipinski definition) is 2. The first kappa shape index (κ1) is 16.2. The molecule has 0 aromatic heterocycles. The lowest BCUT2D eigenvalue weighted by atomic mass is 9.87. The topological polar surface area (TPSA) is 75.6 Å². The minimum atomic E-state index is -1.37. The number of nitrogens with one attached hydrogen (secondary N) is 1. The second kappa shape index (κ2) is 7.65. The van der Waals surface area contributed by atoms with Gasteiger partial charge in [-0.05, 0) is 18.4 Å². The van der Waals surface area contributed by atoms with E-state index in [1.54, 1.807) is 38.3 Å². The summed E-state index contributed by atoms with van der Waals surface area (Å²) in [6.45, 7) is 2.22. The Morgan fingerprint density at radius 3 is 2.45 bits per heavy atom. The lowest BCUT2D eigenvalue weighted by Gasteiger charge is -2.30. The predicted molar refractivity (Wildman–Crippen MR) is 75.3 cm³/mol. The highest BCUT2D eigenvalue weighted by molar-refractivity contribution is 5.88. The SMILES string of the molecule is CCC(NC(=O)CCCOC)(C(=O)O)c1ccccc1. The molecule has 1 unspecified atom stereocenters. The number of benzene rings is 1. The Kier molecular flexibility index (Phi) is 6.18. The van der Waals surface area contributed by atoms with Crippen molar-refractivity contribution in [2.75, 3.05) is 13.7 Å². The van der Waals surface area contributed by atoms with Crippen molar-refractivity contribution >= 4 is 11.9 Å². The fourth-order valence-corrected chi connectivity index (χ4v) is 2.09. The van der Waals surface area contributed by atoms with Crippen LogP contribution < -0.4 is 5.32 Å². The van der Waals surface area contributed by atoms with Gasteiger partial charge in [-0.2, -0.15) is 0 Å². The summed E-state index contributed by atoms with van der Waals surface area (Å²) < 4.78 is 4.88. The Balaban J connectivity index is 2.90. The van der Waals surface area contributed by atoms with E-state index in [1.165, 1.54) is 0 Å². The van der Waals surface area contributed by atoms with Gasteiger partial charge in [-0.15, -0.1) is 0 Å². The molecule has 0 aliphatic heterocycles. The molecule has 2 N–H and O–H groups in total. The molecule has 5 heteroatoms. The van der Waals surface area contributed by atoms with Crippen LogP contribution in [-0.2, 0) is 19.9 Å². The van der Waals surface area contributed by atoms with Gasteiger partial charge in [-0.3, -0.25) is 4.79 Å². The van der Waals surface area contributed by atoms with Crippen molar-refractivity contribution in [3.8, 4) is 0 Å². The fraction of sp³-hybridized carbons (Fsp3) is 0.467. The third-order valence-electron chi connectivity index (χ3n) is 3.27. The average Bonchev–Trinajstić information content (AvgIpc) is 2.45. The maximum atomic E-state index is 11.9. The van der Waals surface area contributed by atoms with Crippen LogP contribution in [0, 0.1) is 0 Å². The number of carboxylic acid groups (broad SMARTS) is 1. The molecule has 0 saturated carbocycles. The van der Waals surface area contributed by atoms with E-state index >= 15 is 0 Å². The van der Waals surface area contributed by atoms with E-state index in [-0.39, 0.29) is 18.7 Å². The highest BCUT2D eigenvalue weighted by atomic mass is 16.5. The molecule has 5 nitrogen and oxygen atoms in total. The number of hydrogen-bond acceptors (Lipinski definition) is 3. The minimum Gasteiger partial charge on any atom is -0.479 e. The summed E-state index contributed by atoms with van der Waals surface area (Å²) in [6, 6.07) is 8.77. The van der Waals surface area contributed by atoms with Crippen LogP contribution >= 0.6 is 0 Å². The molecule has 1 rings (SSSR count). The minimum absolute atomic E-state index is 0.246. The molecule has 0 aliphatic rings. The number of carbonyl (C=O) groups is 2. The van der Waals surface area contributed by atoms with Crippen LogP contribution in [-0.4, -0.2) is 30.7 Å². The molecule has 110 valence electrons. The number of methoxy groups -OCH3 is 1. The first-order valence-electron chi connectivity index (χ1n) is 6.65. The summed E-state index contributed by atoms with van der Waals surface area (Å²) >= 11 is 0. The predicted octanol–water partition coefficient (Wildman–Crippen LogP) is 1.92. The van der Waals surface area contributed by atoms with E-state index in [4.69, 9.17) is 4.74 Å². The molecule has 0 fully saturated rings. The van der Waals surface area contributed by atoms with Gasteiger partial charge in [0.1, 0.15) is 0 Å². The van der Waals surface area contributed by atoms with E-state index in [9.17, 15) is 14.7 Å². The quantitative estimate of drug-likeness (QED) is 0.713. The highest BCUT2D eigenvalue weighted by Crippen LogP contribution is 2.25. The second-order valence-electron chi connectivity index (χ2n) is 4.57. The summed E-state index contributed by atoms with van der Waals surface area (Å²) in [7, 11) is 1.56. The molecule has 0 saturated heterocycles. The molecule has 1 amide bonds. The summed E-state index contributed by atoms with van der Waals surface area (Å²) in [6.07, 6.45) is 1.09. The van der Waals surface area contributed by atoms with Crippen LogP contribution in [0.1, 0.15) is 31.7 Å². The number of ether oxygens (including phenoxy) is 1. The zero-order valence-electron chi connectivity index (χ0n) is 11.9. The lowest BCUT2D eigenvalue weighted by molar-refractivity contribution is -0.148. The molecule has 1 aromatic carbocycles. The van der Waals surface area contributed by atoms with Gasteiger partial charge in [0.2, 0.25) is 5.91 Å². The molecule has 0 spiro atoms. The maximum absolute atomic E-state index is 11.9. The van der Waals surface area contributed by atoms with Crippen LogP contribution in [0.5, 0.6) is 0 Å². The molecule has 0 bridgehead atoms. The van der Waals surface area contributed by atoms with Crippen molar-refractivity contribution in [3.63, 3.8) is 0 Å². The Bertz CT molecular complexity index is 446. The fourth-order valence-electron chi connectivity index (χ4n) is 2.09. The number of rotatable bonds is 8. The lowest BCUT2D eigenvalue weighted by Crippen LogP contribution is -2.51. The third-order valence-corrected chi connectivity index (χ3v) is 3.27. The Hall–Kier alpha value is -1.88. The molecular formula is C15H21NO4. The van der Waals surface area contributed by atoms with Crippen molar-refractivity contribution in [1.29, 1.82) is 0 Å². The van der Waals surface area contributed by atoms with Gasteiger partial charge < -0.3 is 15.2 Å². The van der Waals surface area contributed by atoms with Crippen molar-refractivity contribution in [2.24, 2.45) is 0 Å². The maximum Gasteiger partial charge on any atom is 0.334 e. The number of carbonyl (C=O) groups excluding carboxylic acids is 1. The zero-order valence-corrected chi connectivity index (χ0v) is 11.9. The standard InChI is InChI=1S/C15H21NO4/c1-3-15(14(18)19,12-8-5-4-6-9-12)16-13(17)10-7-11-20-2/h4-6,8-9H,3,7,10-11H2,1-2H3,(H,16,17)(H,18,19). The molecule has 0 aliphatic carbocycles. The van der Waals surface area contributed by atoms with Gasteiger partial charge >= 0.3 is 5.97 Å². The third kappa shape index (κ3) is 3.81. The van der Waals surface area contributed by atoms with Gasteiger partial charge in [0.25, 0.3) is 0 Å². The largest absolute Gasteiger partial charge is 0.479 e. The summed E-state index contributed by atoms with van der Waals surface area (Å²) in [4.78, 5) is 23.6. The van der Waals surface area contributed by atoms with E-state index in [1.807, 2.05) is 6.07 Å². The van der Waals surface area contributed by atoms with Crippen LogP contribution in [0.25, 0.3) is 0 Å².